The Kier molecular flexibility index (Phi) is 2.88. The van der Waals surface area contributed by atoms with Crippen LogP contribution in [0, 0.1) is 0 Å². The van der Waals surface area contributed by atoms with Crippen LogP contribution in [0.25, 0.3) is 0 Å². The molecule has 1 aromatic carbocycles. The molecule has 0 saturated carbocycles. The van der Waals surface area contributed by atoms with Crippen molar-refractivity contribution in [3.63, 3.8) is 0 Å². The van der Waals surface area contributed by atoms with Crippen molar-refractivity contribution in [1.29, 1.82) is 0 Å². The van der Waals surface area contributed by atoms with Gasteiger partial charge < -0.3 is 4.74 Å². The van der Waals surface area contributed by atoms with Gasteiger partial charge in [0.05, 0.1) is 6.61 Å². The highest BCUT2D eigenvalue weighted by atomic mass is 35.5. The lowest BCUT2D eigenvalue weighted by molar-refractivity contribution is -0.324. The van der Waals surface area contributed by atoms with E-state index in [-0.39, 0.29) is 19.4 Å². The molecule has 2 rings (SSSR count). The van der Waals surface area contributed by atoms with Gasteiger partial charge >= 0.3 is 6.18 Å². The minimum Gasteiger partial charge on any atom is -0.365 e. The Hall–Kier alpha value is -0.740. The zero-order valence-corrected chi connectivity index (χ0v) is 9.11. The molecule has 88 valence electrons. The number of ether oxygens (including phenoxy) is 1. The predicted molar refractivity (Wildman–Crippen MR) is 54.5 cm³/mol. The molecule has 5 heteroatoms. The average Bonchev–Trinajstić information content (AvgIpc) is 2.09. The van der Waals surface area contributed by atoms with Crippen molar-refractivity contribution >= 4 is 11.6 Å². The summed E-state index contributed by atoms with van der Waals surface area (Å²) < 4.78 is 43.1. The highest BCUT2D eigenvalue weighted by molar-refractivity contribution is 6.30. The molecule has 0 aromatic heterocycles. The Balaban J connectivity index is 2.20. The molecular weight excluding hydrogens is 241 g/mol. The van der Waals surface area contributed by atoms with E-state index in [4.69, 9.17) is 16.3 Å². The van der Waals surface area contributed by atoms with Crippen molar-refractivity contribution in [3.8, 4) is 0 Å². The van der Waals surface area contributed by atoms with Crippen LogP contribution in [0.2, 0.25) is 5.02 Å². The number of rotatable bonds is 2. The third-order valence-corrected chi connectivity index (χ3v) is 3.01. The summed E-state index contributed by atoms with van der Waals surface area (Å²) in [6.45, 7) is 0.167. The largest absolute Gasteiger partial charge is 0.417 e. The van der Waals surface area contributed by atoms with E-state index in [1.165, 1.54) is 6.07 Å². The lowest BCUT2D eigenvalue weighted by atomic mass is 9.87. The van der Waals surface area contributed by atoms with Crippen molar-refractivity contribution in [1.82, 2.24) is 0 Å². The second-order valence-electron chi connectivity index (χ2n) is 3.90. The SMILES string of the molecule is FC(F)(F)C1(Cc2cccc(Cl)c2)CCO1. The van der Waals surface area contributed by atoms with Crippen LogP contribution in [-0.2, 0) is 11.2 Å². The molecule has 0 radical (unpaired) electrons. The highest BCUT2D eigenvalue weighted by Gasteiger charge is 2.59. The standard InChI is InChI=1S/C11H10ClF3O/c12-9-3-1-2-8(6-9)7-10(4-5-16-10)11(13,14)15/h1-3,6H,4-5,7H2. The van der Waals surface area contributed by atoms with Gasteiger partial charge in [-0.05, 0) is 17.7 Å². The maximum atomic E-state index is 12.8. The Morgan fingerprint density at radius 3 is 2.50 bits per heavy atom. The summed E-state index contributed by atoms with van der Waals surface area (Å²) >= 11 is 5.73. The molecule has 0 amide bonds. The number of hydrogen-bond donors (Lipinski definition) is 0. The fourth-order valence-electron chi connectivity index (χ4n) is 1.79. The second kappa shape index (κ2) is 3.93. The average molecular weight is 251 g/mol. The third kappa shape index (κ3) is 2.04. The predicted octanol–water partition coefficient (Wildman–Crippen LogP) is 3.60. The zero-order chi connectivity index (χ0) is 11.8. The molecule has 1 nitrogen and oxygen atoms in total. The van der Waals surface area contributed by atoms with E-state index in [0.717, 1.165) is 0 Å². The van der Waals surface area contributed by atoms with Gasteiger partial charge in [0, 0.05) is 17.9 Å². The molecule has 0 N–H and O–H groups in total. The van der Waals surface area contributed by atoms with Crippen LogP contribution in [0.5, 0.6) is 0 Å². The third-order valence-electron chi connectivity index (χ3n) is 2.78. The van der Waals surface area contributed by atoms with Crippen LogP contribution in [0.1, 0.15) is 12.0 Å². The van der Waals surface area contributed by atoms with Gasteiger partial charge in [-0.15, -0.1) is 0 Å². The number of hydrogen-bond acceptors (Lipinski definition) is 1. The van der Waals surface area contributed by atoms with Gasteiger partial charge in [-0.1, -0.05) is 23.7 Å². The monoisotopic (exact) mass is 250 g/mol. The lowest BCUT2D eigenvalue weighted by Gasteiger charge is -2.43. The first-order valence-electron chi connectivity index (χ1n) is 4.88. The Labute approximate surface area is 96.2 Å². The summed E-state index contributed by atoms with van der Waals surface area (Å²) in [4.78, 5) is 0. The fourth-order valence-corrected chi connectivity index (χ4v) is 2.00. The minimum atomic E-state index is -4.33. The van der Waals surface area contributed by atoms with E-state index < -0.39 is 11.8 Å². The van der Waals surface area contributed by atoms with Crippen molar-refractivity contribution in [2.24, 2.45) is 0 Å². The first kappa shape index (κ1) is 11.7. The van der Waals surface area contributed by atoms with E-state index in [0.29, 0.717) is 10.6 Å². The van der Waals surface area contributed by atoms with Gasteiger partial charge in [0.15, 0.2) is 5.60 Å². The van der Waals surface area contributed by atoms with Crippen LogP contribution < -0.4 is 0 Å². The molecule has 1 aliphatic rings. The number of halogens is 4. The summed E-state index contributed by atoms with van der Waals surface area (Å²) in [5, 5.41) is 0.439. The van der Waals surface area contributed by atoms with Crippen LogP contribution in [0.15, 0.2) is 24.3 Å². The topological polar surface area (TPSA) is 9.23 Å². The van der Waals surface area contributed by atoms with Crippen LogP contribution in [0.4, 0.5) is 13.2 Å². The Bertz CT molecular complexity index is 385. The summed E-state index contributed by atoms with van der Waals surface area (Å²) in [5.41, 5.74) is -1.46. The molecule has 1 aliphatic heterocycles. The first-order chi connectivity index (χ1) is 7.43. The normalized spacial score (nSPS) is 25.2. The number of alkyl halides is 3. The maximum Gasteiger partial charge on any atom is 0.417 e. The van der Waals surface area contributed by atoms with Crippen molar-refractivity contribution < 1.29 is 17.9 Å². The van der Waals surface area contributed by atoms with Gasteiger partial charge in [0.1, 0.15) is 0 Å². The summed E-state index contributed by atoms with van der Waals surface area (Å²) in [7, 11) is 0. The number of benzene rings is 1. The first-order valence-corrected chi connectivity index (χ1v) is 5.26. The van der Waals surface area contributed by atoms with Gasteiger partial charge in [-0.3, -0.25) is 0 Å². The van der Waals surface area contributed by atoms with Gasteiger partial charge in [0.25, 0.3) is 0 Å². The van der Waals surface area contributed by atoms with Gasteiger partial charge in [0.2, 0.25) is 0 Å². The molecule has 1 saturated heterocycles. The molecule has 0 bridgehead atoms. The maximum absolute atomic E-state index is 12.8. The van der Waals surface area contributed by atoms with Gasteiger partial charge in [-0.2, -0.15) is 13.2 Å². The highest BCUT2D eigenvalue weighted by Crippen LogP contribution is 2.44. The Morgan fingerprint density at radius 2 is 2.06 bits per heavy atom. The summed E-state index contributed by atoms with van der Waals surface area (Å²) in [6, 6.07) is 6.44. The molecular formula is C11H10ClF3O. The summed E-state index contributed by atoms with van der Waals surface area (Å²) in [6.07, 6.45) is -4.48. The molecule has 16 heavy (non-hydrogen) atoms. The van der Waals surface area contributed by atoms with E-state index in [1.54, 1.807) is 18.2 Å². The van der Waals surface area contributed by atoms with Crippen LogP contribution in [-0.4, -0.2) is 18.4 Å². The lowest BCUT2D eigenvalue weighted by Crippen LogP contribution is -2.57. The molecule has 1 unspecified atom stereocenters. The molecule has 0 spiro atoms. The molecule has 0 aliphatic carbocycles. The van der Waals surface area contributed by atoms with E-state index in [2.05, 4.69) is 0 Å². The molecule has 1 fully saturated rings. The minimum absolute atomic E-state index is 0.0169. The van der Waals surface area contributed by atoms with E-state index >= 15 is 0 Å². The smallest absolute Gasteiger partial charge is 0.365 e. The van der Waals surface area contributed by atoms with E-state index in [1.807, 2.05) is 0 Å². The van der Waals surface area contributed by atoms with Crippen LogP contribution >= 0.6 is 11.6 Å². The van der Waals surface area contributed by atoms with Crippen molar-refractivity contribution in [2.75, 3.05) is 6.61 Å². The second-order valence-corrected chi connectivity index (χ2v) is 4.33. The van der Waals surface area contributed by atoms with Crippen LogP contribution in [0.3, 0.4) is 0 Å². The zero-order valence-electron chi connectivity index (χ0n) is 8.35. The molecule has 1 aromatic rings. The summed E-state index contributed by atoms with van der Waals surface area (Å²) in [5.74, 6) is 0. The van der Waals surface area contributed by atoms with E-state index in [9.17, 15) is 13.2 Å². The van der Waals surface area contributed by atoms with Gasteiger partial charge in [-0.25, -0.2) is 0 Å². The quantitative estimate of drug-likeness (QED) is 0.779. The Morgan fingerprint density at radius 1 is 1.38 bits per heavy atom. The molecule has 1 atom stereocenters. The fraction of sp³-hybridized carbons (Fsp3) is 0.455. The van der Waals surface area contributed by atoms with Crippen molar-refractivity contribution in [3.05, 3.63) is 34.9 Å². The molecule has 1 heterocycles. The van der Waals surface area contributed by atoms with Crippen molar-refractivity contribution in [2.45, 2.75) is 24.6 Å².